The number of esters is 2. The van der Waals surface area contributed by atoms with Crippen molar-refractivity contribution in [2.24, 2.45) is 0 Å². The molecule has 0 amide bonds. The number of nitrogens with zero attached hydrogens (tertiary/aromatic N) is 1. The Balaban J connectivity index is 4.29. The molecule has 0 heterocycles. The number of hydrogen-bond donors (Lipinski definition) is 1. The highest BCUT2D eigenvalue weighted by Crippen LogP contribution is 2.43. The van der Waals surface area contributed by atoms with E-state index >= 15 is 0 Å². The molecule has 2 atom stereocenters. The molecule has 0 aromatic carbocycles. The highest BCUT2D eigenvalue weighted by atomic mass is 31.2. The number of allylic oxidation sites excluding steroid dienone is 2. The van der Waals surface area contributed by atoms with Gasteiger partial charge in [0.15, 0.2) is 6.10 Å². The lowest BCUT2D eigenvalue weighted by Gasteiger charge is -2.24. The molecular formula is C46H91NO8P+. The fraction of sp³-hybridized carbons (Fsp3) is 0.913. The van der Waals surface area contributed by atoms with Crippen LogP contribution in [0.15, 0.2) is 12.2 Å². The average Bonchev–Trinajstić information content (AvgIpc) is 3.15. The standard InChI is InChI=1S/C46H90NO8P/c1-6-8-10-12-14-16-18-20-22-23-25-26-28-30-32-34-36-38-45(48)52-42-44(43-54-56(50,51)53-41-40-47(3,4)5)55-46(49)39-37-35-33-31-29-27-24-21-19-17-15-13-11-9-7-2/h20,22,44H,6-19,21,23-43H2,1-5H3/p+1/b22-20+/t44-/m1/s1. The lowest BCUT2D eigenvalue weighted by Crippen LogP contribution is -2.37. The fourth-order valence-electron chi connectivity index (χ4n) is 6.60. The third kappa shape index (κ3) is 42.4. The molecule has 0 radical (unpaired) electrons. The molecule has 0 aliphatic heterocycles. The Morgan fingerprint density at radius 1 is 0.536 bits per heavy atom. The molecule has 0 aliphatic rings. The number of unbranched alkanes of at least 4 members (excludes halogenated alkanes) is 27. The van der Waals surface area contributed by atoms with Crippen molar-refractivity contribution in [3.05, 3.63) is 12.2 Å². The van der Waals surface area contributed by atoms with Gasteiger partial charge < -0.3 is 18.9 Å². The van der Waals surface area contributed by atoms with Crippen LogP contribution in [0, 0.1) is 0 Å². The number of hydrogen-bond acceptors (Lipinski definition) is 7. The van der Waals surface area contributed by atoms with Gasteiger partial charge in [0.25, 0.3) is 0 Å². The van der Waals surface area contributed by atoms with Gasteiger partial charge in [-0.1, -0.05) is 180 Å². The number of phosphoric acid groups is 1. The molecular weight excluding hydrogens is 725 g/mol. The summed E-state index contributed by atoms with van der Waals surface area (Å²) in [5.74, 6) is -0.792. The van der Waals surface area contributed by atoms with E-state index in [1.54, 1.807) is 0 Å². The minimum Gasteiger partial charge on any atom is -0.462 e. The molecule has 56 heavy (non-hydrogen) atoms. The second kappa shape index (κ2) is 39.2. The summed E-state index contributed by atoms with van der Waals surface area (Å²) in [5.41, 5.74) is 0. The van der Waals surface area contributed by atoms with Crippen LogP contribution >= 0.6 is 7.82 Å². The quantitative estimate of drug-likeness (QED) is 0.0213. The van der Waals surface area contributed by atoms with Crippen molar-refractivity contribution < 1.29 is 42.1 Å². The van der Waals surface area contributed by atoms with Gasteiger partial charge in [-0.3, -0.25) is 18.6 Å². The van der Waals surface area contributed by atoms with Crippen LogP contribution in [0.2, 0.25) is 0 Å². The number of carbonyl (C=O) groups excluding carboxylic acids is 2. The Morgan fingerprint density at radius 3 is 1.32 bits per heavy atom. The minimum absolute atomic E-state index is 0.0343. The van der Waals surface area contributed by atoms with Gasteiger partial charge in [-0.05, 0) is 38.5 Å². The van der Waals surface area contributed by atoms with Crippen molar-refractivity contribution in [1.29, 1.82) is 0 Å². The van der Waals surface area contributed by atoms with Gasteiger partial charge >= 0.3 is 19.8 Å². The van der Waals surface area contributed by atoms with Crippen LogP contribution in [0.1, 0.15) is 219 Å². The monoisotopic (exact) mass is 817 g/mol. The van der Waals surface area contributed by atoms with E-state index in [2.05, 4.69) is 26.0 Å². The Kier molecular flexibility index (Phi) is 38.3. The number of rotatable bonds is 43. The molecule has 9 nitrogen and oxygen atoms in total. The number of phosphoric ester groups is 1. The zero-order valence-corrected chi connectivity index (χ0v) is 38.3. The summed E-state index contributed by atoms with van der Waals surface area (Å²) >= 11 is 0. The average molecular weight is 817 g/mol. The number of likely N-dealkylation sites (N-methyl/N-ethyl adjacent to an activating group) is 1. The maximum absolute atomic E-state index is 12.7. The van der Waals surface area contributed by atoms with Crippen LogP contribution in [-0.4, -0.2) is 74.9 Å². The molecule has 0 aromatic heterocycles. The first kappa shape index (κ1) is 54.8. The van der Waals surface area contributed by atoms with E-state index in [-0.39, 0.29) is 32.0 Å². The summed E-state index contributed by atoms with van der Waals surface area (Å²) in [7, 11) is 1.49. The van der Waals surface area contributed by atoms with Crippen molar-refractivity contribution in [3.63, 3.8) is 0 Å². The van der Waals surface area contributed by atoms with Gasteiger partial charge in [0.05, 0.1) is 27.7 Å². The van der Waals surface area contributed by atoms with Gasteiger partial charge in [0.2, 0.25) is 0 Å². The summed E-state index contributed by atoms with van der Waals surface area (Å²) in [4.78, 5) is 35.4. The van der Waals surface area contributed by atoms with E-state index in [1.807, 2.05) is 21.1 Å². The highest BCUT2D eigenvalue weighted by Gasteiger charge is 2.27. The van der Waals surface area contributed by atoms with Crippen LogP contribution < -0.4 is 0 Å². The number of ether oxygens (including phenoxy) is 2. The highest BCUT2D eigenvalue weighted by molar-refractivity contribution is 7.47. The Morgan fingerprint density at radius 2 is 0.911 bits per heavy atom. The SMILES string of the molecule is CCCCCCCC/C=C/CCCCCCCCCC(=O)OC[C@H](COP(=O)(O)OCC[N+](C)(C)C)OC(=O)CCCCCCCCCCCCCCCCC. The molecule has 0 aromatic rings. The topological polar surface area (TPSA) is 108 Å². The van der Waals surface area contributed by atoms with Crippen molar-refractivity contribution in [2.45, 2.75) is 225 Å². The molecule has 0 fully saturated rings. The molecule has 0 spiro atoms. The molecule has 0 rings (SSSR count). The predicted octanol–water partition coefficient (Wildman–Crippen LogP) is 13.4. The summed E-state index contributed by atoms with van der Waals surface area (Å²) < 4.78 is 34.4. The second-order valence-corrected chi connectivity index (χ2v) is 18.6. The molecule has 0 saturated heterocycles. The zero-order valence-electron chi connectivity index (χ0n) is 37.4. The molecule has 0 aliphatic carbocycles. The van der Waals surface area contributed by atoms with Crippen LogP contribution in [-0.2, 0) is 32.7 Å². The largest absolute Gasteiger partial charge is 0.472 e. The van der Waals surface area contributed by atoms with E-state index in [4.69, 9.17) is 18.5 Å². The van der Waals surface area contributed by atoms with Crippen LogP contribution in [0.25, 0.3) is 0 Å². The van der Waals surface area contributed by atoms with E-state index in [9.17, 15) is 19.0 Å². The molecule has 0 bridgehead atoms. The van der Waals surface area contributed by atoms with E-state index in [0.717, 1.165) is 32.1 Å². The Hall–Kier alpha value is -1.25. The fourth-order valence-corrected chi connectivity index (χ4v) is 7.34. The number of quaternary nitrogens is 1. The number of carbonyl (C=O) groups is 2. The Bertz CT molecular complexity index is 969. The van der Waals surface area contributed by atoms with E-state index in [0.29, 0.717) is 17.4 Å². The minimum atomic E-state index is -4.37. The first-order valence-corrected chi connectivity index (χ1v) is 24.9. The Labute approximate surface area is 346 Å². The van der Waals surface area contributed by atoms with Crippen LogP contribution in [0.5, 0.6) is 0 Å². The van der Waals surface area contributed by atoms with Gasteiger partial charge in [-0.25, -0.2) is 4.57 Å². The van der Waals surface area contributed by atoms with Crippen molar-refractivity contribution in [2.75, 3.05) is 47.5 Å². The van der Waals surface area contributed by atoms with Crippen molar-refractivity contribution >= 4 is 19.8 Å². The summed E-state index contributed by atoms with van der Waals surface area (Å²) in [5, 5.41) is 0. The molecule has 332 valence electrons. The lowest BCUT2D eigenvalue weighted by molar-refractivity contribution is -0.870. The predicted molar refractivity (Wildman–Crippen MR) is 234 cm³/mol. The lowest BCUT2D eigenvalue weighted by atomic mass is 10.0. The molecule has 10 heteroatoms. The smallest absolute Gasteiger partial charge is 0.462 e. The summed E-state index contributed by atoms with van der Waals surface area (Å²) in [6, 6.07) is 0. The van der Waals surface area contributed by atoms with E-state index in [1.165, 1.54) is 154 Å². The second-order valence-electron chi connectivity index (χ2n) is 17.1. The first-order chi connectivity index (χ1) is 27.0. The maximum Gasteiger partial charge on any atom is 0.472 e. The van der Waals surface area contributed by atoms with Gasteiger partial charge in [0.1, 0.15) is 19.8 Å². The van der Waals surface area contributed by atoms with Crippen molar-refractivity contribution in [3.8, 4) is 0 Å². The van der Waals surface area contributed by atoms with Crippen LogP contribution in [0.3, 0.4) is 0 Å². The summed E-state index contributed by atoms with van der Waals surface area (Å²) in [6.45, 7) is 4.45. The van der Waals surface area contributed by atoms with Gasteiger partial charge in [-0.2, -0.15) is 0 Å². The third-order valence-electron chi connectivity index (χ3n) is 10.3. The normalized spacial score (nSPS) is 13.6. The molecule has 1 unspecified atom stereocenters. The van der Waals surface area contributed by atoms with E-state index < -0.39 is 26.5 Å². The molecule has 1 N–H and O–H groups in total. The van der Waals surface area contributed by atoms with Crippen LogP contribution in [0.4, 0.5) is 0 Å². The summed E-state index contributed by atoms with van der Waals surface area (Å²) in [6.07, 6.45) is 41.1. The third-order valence-corrected chi connectivity index (χ3v) is 11.3. The zero-order chi connectivity index (χ0) is 41.4. The van der Waals surface area contributed by atoms with Gasteiger partial charge in [-0.15, -0.1) is 0 Å². The first-order valence-electron chi connectivity index (χ1n) is 23.4. The maximum atomic E-state index is 12.7. The van der Waals surface area contributed by atoms with Gasteiger partial charge in [0, 0.05) is 12.8 Å². The molecule has 0 saturated carbocycles. The van der Waals surface area contributed by atoms with Crippen molar-refractivity contribution in [1.82, 2.24) is 0 Å².